The van der Waals surface area contributed by atoms with Gasteiger partial charge in [-0.3, -0.25) is 0 Å². The van der Waals surface area contributed by atoms with Gasteiger partial charge in [-0.05, 0) is 83.9 Å². The van der Waals surface area contributed by atoms with Gasteiger partial charge in [0, 0.05) is 34.9 Å². The van der Waals surface area contributed by atoms with Crippen molar-refractivity contribution >= 4 is 78.4 Å². The molecule has 0 fully saturated rings. The summed E-state index contributed by atoms with van der Waals surface area (Å²) in [6.45, 7) is 0. The third-order valence-corrected chi connectivity index (χ3v) is 10.7. The van der Waals surface area contributed by atoms with Crippen LogP contribution in [0.2, 0.25) is 0 Å². The van der Waals surface area contributed by atoms with Crippen LogP contribution in [0.5, 0.6) is 23.5 Å². The molecule has 20 heteroatoms. The number of nitrogens with one attached hydrogen (secondary N) is 4. The van der Waals surface area contributed by atoms with Gasteiger partial charge in [0.05, 0.1) is 9.79 Å². The van der Waals surface area contributed by atoms with Crippen LogP contribution in [0, 0.1) is 0 Å². The molecule has 0 unspecified atom stereocenters. The standard InChI is InChI=1S/C46H36N8O8S2.2Na/c55-63(56,57)39-27-35(49-43-29-41(47-33-13-5-1-6-14-33)51-45(53-43)61-37-17-9-3-10-18-37)25-23-31(39)21-22-32-24-26-36(28-40(32)64(58,59)60)50-44-30-42(48-34-15-7-2-8-16-34)52-46(54-44)62-38-19-11-4-12-20-38;;/h1-30H,(H,55,56,57)(H,58,59,60)(H2,47,49,51,53)(H2,48,50,52,54);;/q;2*+1/p-2. The first kappa shape index (κ1) is 49.3. The van der Waals surface area contributed by atoms with Crippen molar-refractivity contribution in [2.75, 3.05) is 21.3 Å². The van der Waals surface area contributed by atoms with Gasteiger partial charge in [-0.1, -0.05) is 97.1 Å². The number of ether oxygens (including phenoxy) is 2. The Morgan fingerprint density at radius 2 is 0.697 bits per heavy atom. The summed E-state index contributed by atoms with van der Waals surface area (Å²) in [5.41, 5.74) is 1.64. The molecule has 66 heavy (non-hydrogen) atoms. The van der Waals surface area contributed by atoms with E-state index in [2.05, 4.69) is 41.2 Å². The van der Waals surface area contributed by atoms with E-state index in [9.17, 15) is 25.9 Å². The van der Waals surface area contributed by atoms with E-state index < -0.39 is 30.0 Å². The number of aromatic nitrogens is 4. The molecule has 0 amide bonds. The Morgan fingerprint density at radius 3 is 1.02 bits per heavy atom. The Hall–Kier alpha value is -6.16. The summed E-state index contributed by atoms with van der Waals surface area (Å²) in [5.74, 6) is 2.03. The summed E-state index contributed by atoms with van der Waals surface area (Å²) in [6.07, 6.45) is 2.45. The summed E-state index contributed by atoms with van der Waals surface area (Å²) >= 11 is 0. The second-order valence-corrected chi connectivity index (χ2v) is 16.3. The molecule has 4 N–H and O–H groups in total. The first-order valence-corrected chi connectivity index (χ1v) is 22.0. The number of nitrogens with zero attached hydrogens (tertiary/aromatic N) is 4. The average Bonchev–Trinajstić information content (AvgIpc) is 3.27. The van der Waals surface area contributed by atoms with E-state index in [0.29, 0.717) is 23.1 Å². The van der Waals surface area contributed by atoms with Crippen molar-refractivity contribution in [2.24, 2.45) is 0 Å². The minimum absolute atomic E-state index is 0. The molecule has 8 aromatic rings. The van der Waals surface area contributed by atoms with Crippen molar-refractivity contribution in [1.82, 2.24) is 19.9 Å². The van der Waals surface area contributed by atoms with Gasteiger partial charge in [0.1, 0.15) is 55.0 Å². The van der Waals surface area contributed by atoms with E-state index in [1.165, 1.54) is 36.4 Å². The largest absolute Gasteiger partial charge is 1.00 e. The molecule has 16 nitrogen and oxygen atoms in total. The van der Waals surface area contributed by atoms with Crippen LogP contribution in [0.15, 0.2) is 180 Å². The first-order valence-electron chi connectivity index (χ1n) is 19.2. The van der Waals surface area contributed by atoms with Crippen molar-refractivity contribution in [1.29, 1.82) is 0 Å². The fourth-order valence-corrected chi connectivity index (χ4v) is 7.52. The Morgan fingerprint density at radius 1 is 0.394 bits per heavy atom. The molecule has 0 aliphatic carbocycles. The van der Waals surface area contributed by atoms with Crippen LogP contribution >= 0.6 is 0 Å². The van der Waals surface area contributed by atoms with Crippen LogP contribution in [0.1, 0.15) is 11.1 Å². The number of hydrogen-bond acceptors (Lipinski definition) is 16. The zero-order valence-corrected chi connectivity index (χ0v) is 40.8. The normalized spacial score (nSPS) is 11.1. The molecule has 0 saturated heterocycles. The van der Waals surface area contributed by atoms with Gasteiger partial charge >= 0.3 is 71.1 Å². The smallest absolute Gasteiger partial charge is 0.744 e. The summed E-state index contributed by atoms with van der Waals surface area (Å²) in [5, 5.41) is 12.4. The fraction of sp³-hybridized carbons (Fsp3) is 0. The van der Waals surface area contributed by atoms with Crippen LogP contribution < -0.4 is 89.9 Å². The van der Waals surface area contributed by atoms with E-state index in [1.807, 2.05) is 72.8 Å². The molecule has 0 atom stereocenters. The maximum absolute atomic E-state index is 12.6. The van der Waals surface area contributed by atoms with Crippen molar-refractivity contribution < 1.29 is 94.5 Å². The van der Waals surface area contributed by atoms with Crippen molar-refractivity contribution in [3.63, 3.8) is 0 Å². The minimum atomic E-state index is -5.11. The molecule has 0 aliphatic heterocycles. The Labute approximate surface area is 424 Å². The van der Waals surface area contributed by atoms with Gasteiger partial charge in [0.15, 0.2) is 0 Å². The Kier molecular flexibility index (Phi) is 16.7. The van der Waals surface area contributed by atoms with Gasteiger partial charge in [-0.25, -0.2) is 16.8 Å². The third-order valence-electron chi connectivity index (χ3n) is 8.96. The molecule has 0 spiro atoms. The van der Waals surface area contributed by atoms with Gasteiger partial charge in [0.2, 0.25) is 0 Å². The zero-order valence-electron chi connectivity index (χ0n) is 35.2. The number of hydrogen-bond donors (Lipinski definition) is 4. The molecule has 0 radical (unpaired) electrons. The SMILES string of the molecule is O=S(=O)([O-])c1cc(Nc2cc(Nc3ccccc3)nc(Oc3ccccc3)n2)ccc1C=Cc1ccc(Nc2cc(Nc3ccccc3)nc(Oc3ccccc3)n2)cc1S(=O)(=O)[O-].[Na+].[Na+]. The topological polar surface area (TPSA) is 233 Å². The van der Waals surface area contributed by atoms with Crippen molar-refractivity contribution in [2.45, 2.75) is 9.79 Å². The van der Waals surface area contributed by atoms with E-state index in [4.69, 9.17) is 9.47 Å². The third kappa shape index (κ3) is 13.7. The number of rotatable bonds is 16. The number of benzene rings is 6. The molecule has 2 aromatic heterocycles. The quantitative estimate of drug-likeness (QED) is 0.0613. The summed E-state index contributed by atoms with van der Waals surface area (Å²) in [4.78, 5) is 16.5. The minimum Gasteiger partial charge on any atom is -0.744 e. The molecular formula is C46H34N8Na2O8S2. The second kappa shape index (κ2) is 22.4. The van der Waals surface area contributed by atoms with E-state index in [0.717, 1.165) is 23.5 Å². The average molecular weight is 937 g/mol. The molecule has 320 valence electrons. The molecule has 6 aromatic carbocycles. The second-order valence-electron chi connectivity index (χ2n) is 13.7. The summed E-state index contributed by atoms with van der Waals surface area (Å²) in [6, 6.07) is 47.2. The van der Waals surface area contributed by atoms with Gasteiger partial charge < -0.3 is 39.8 Å². The molecule has 0 aliphatic rings. The van der Waals surface area contributed by atoms with Crippen LogP contribution in [-0.2, 0) is 20.2 Å². The maximum Gasteiger partial charge on any atom is 1.00 e. The predicted molar refractivity (Wildman–Crippen MR) is 241 cm³/mol. The maximum atomic E-state index is 12.6. The molecule has 2 heterocycles. The molecular weight excluding hydrogens is 903 g/mol. The van der Waals surface area contributed by atoms with E-state index in [1.54, 1.807) is 60.7 Å². The Bertz CT molecular complexity index is 2850. The molecule has 0 bridgehead atoms. The molecule has 8 rings (SSSR count). The summed E-state index contributed by atoms with van der Waals surface area (Å²) in [7, 11) is -10.2. The first-order chi connectivity index (χ1) is 30.9. The van der Waals surface area contributed by atoms with Crippen LogP contribution in [0.3, 0.4) is 0 Å². The predicted octanol–water partition coefficient (Wildman–Crippen LogP) is 3.81. The number of para-hydroxylation sites is 4. The summed E-state index contributed by atoms with van der Waals surface area (Å²) < 4.78 is 87.6. The molecule has 0 saturated carbocycles. The Balaban J connectivity index is 0.00000360. The van der Waals surface area contributed by atoms with Gasteiger partial charge in [-0.2, -0.15) is 19.9 Å². The zero-order chi connectivity index (χ0) is 44.5. The van der Waals surface area contributed by atoms with Crippen LogP contribution in [0.4, 0.5) is 46.0 Å². The fourth-order valence-electron chi connectivity index (χ4n) is 6.13. The van der Waals surface area contributed by atoms with Crippen LogP contribution in [-0.4, -0.2) is 45.9 Å². The monoisotopic (exact) mass is 936 g/mol. The van der Waals surface area contributed by atoms with E-state index >= 15 is 0 Å². The van der Waals surface area contributed by atoms with Crippen molar-refractivity contribution in [3.8, 4) is 23.5 Å². The van der Waals surface area contributed by atoms with Crippen LogP contribution in [0.25, 0.3) is 12.2 Å². The van der Waals surface area contributed by atoms with E-state index in [-0.39, 0.29) is 105 Å². The number of anilines is 8. The van der Waals surface area contributed by atoms with Gasteiger partial charge in [0.25, 0.3) is 0 Å². The van der Waals surface area contributed by atoms with Gasteiger partial charge in [-0.15, -0.1) is 0 Å². The van der Waals surface area contributed by atoms with Crippen molar-refractivity contribution in [3.05, 3.63) is 181 Å².